The van der Waals surface area contributed by atoms with Crippen molar-refractivity contribution in [1.29, 1.82) is 0 Å². The summed E-state index contributed by atoms with van der Waals surface area (Å²) in [6.07, 6.45) is 9.96. The van der Waals surface area contributed by atoms with E-state index in [1.54, 1.807) is 0 Å². The molecule has 0 radical (unpaired) electrons. The zero-order chi connectivity index (χ0) is 13.3. The van der Waals surface area contributed by atoms with Gasteiger partial charge in [-0.2, -0.15) is 0 Å². The van der Waals surface area contributed by atoms with Crippen molar-refractivity contribution in [3.8, 4) is 0 Å². The molecule has 1 aliphatic carbocycles. The molecular formula is C17H27NO. The van der Waals surface area contributed by atoms with Crippen molar-refractivity contribution in [2.45, 2.75) is 63.5 Å². The smallest absolute Gasteiger partial charge is 0.0725 e. The van der Waals surface area contributed by atoms with Crippen LogP contribution in [0.1, 0.15) is 50.5 Å². The van der Waals surface area contributed by atoms with Gasteiger partial charge in [0.1, 0.15) is 0 Å². The van der Waals surface area contributed by atoms with Gasteiger partial charge in [-0.3, -0.25) is 0 Å². The molecule has 0 heterocycles. The number of aryl methyl sites for hydroxylation is 1. The Morgan fingerprint density at radius 2 is 1.79 bits per heavy atom. The van der Waals surface area contributed by atoms with Crippen LogP contribution in [-0.4, -0.2) is 18.8 Å². The molecule has 19 heavy (non-hydrogen) atoms. The molecule has 1 aliphatic rings. The van der Waals surface area contributed by atoms with E-state index in [0.717, 1.165) is 32.3 Å². The van der Waals surface area contributed by atoms with Gasteiger partial charge in [-0.15, -0.1) is 0 Å². The van der Waals surface area contributed by atoms with Gasteiger partial charge in [0.05, 0.1) is 6.10 Å². The summed E-state index contributed by atoms with van der Waals surface area (Å²) in [6.45, 7) is 0.866. The first-order chi connectivity index (χ1) is 9.36. The minimum absolute atomic E-state index is 0.261. The predicted molar refractivity (Wildman–Crippen MR) is 80.2 cm³/mol. The van der Waals surface area contributed by atoms with Gasteiger partial charge in [0.25, 0.3) is 0 Å². The number of benzene rings is 1. The molecule has 1 aromatic rings. The van der Waals surface area contributed by atoms with Crippen LogP contribution in [0.4, 0.5) is 0 Å². The number of nitrogens with two attached hydrogens (primary N) is 1. The van der Waals surface area contributed by atoms with Gasteiger partial charge in [0, 0.05) is 12.6 Å². The maximum absolute atomic E-state index is 6.16. The van der Waals surface area contributed by atoms with Gasteiger partial charge < -0.3 is 10.5 Å². The van der Waals surface area contributed by atoms with Crippen molar-refractivity contribution in [3.05, 3.63) is 35.9 Å². The van der Waals surface area contributed by atoms with E-state index in [-0.39, 0.29) is 6.04 Å². The minimum Gasteiger partial charge on any atom is -0.377 e. The Hall–Kier alpha value is -0.860. The van der Waals surface area contributed by atoms with Crippen LogP contribution in [0.3, 0.4) is 0 Å². The number of ether oxygens (including phenoxy) is 1. The van der Waals surface area contributed by atoms with Crippen molar-refractivity contribution in [2.24, 2.45) is 5.73 Å². The monoisotopic (exact) mass is 261 g/mol. The van der Waals surface area contributed by atoms with E-state index in [2.05, 4.69) is 30.3 Å². The summed E-state index contributed by atoms with van der Waals surface area (Å²) in [6, 6.07) is 10.9. The van der Waals surface area contributed by atoms with Crippen molar-refractivity contribution in [1.82, 2.24) is 0 Å². The molecule has 2 unspecified atom stereocenters. The third-order valence-electron chi connectivity index (χ3n) is 4.04. The lowest BCUT2D eigenvalue weighted by Gasteiger charge is -2.21. The van der Waals surface area contributed by atoms with Gasteiger partial charge in [-0.25, -0.2) is 0 Å². The molecule has 0 spiro atoms. The van der Waals surface area contributed by atoms with Gasteiger partial charge in [-0.05, 0) is 37.7 Å². The molecule has 106 valence electrons. The predicted octanol–water partition coefficient (Wildman–Crippen LogP) is 3.69. The Bertz CT molecular complexity index is 338. The lowest BCUT2D eigenvalue weighted by atomic mass is 10.1. The van der Waals surface area contributed by atoms with Crippen molar-refractivity contribution in [3.63, 3.8) is 0 Å². The molecule has 1 fully saturated rings. The van der Waals surface area contributed by atoms with Crippen molar-refractivity contribution >= 4 is 0 Å². The normalized spacial score (nSPS) is 24.1. The second kappa shape index (κ2) is 8.34. The second-order valence-corrected chi connectivity index (χ2v) is 5.65. The van der Waals surface area contributed by atoms with Crippen LogP contribution in [0.25, 0.3) is 0 Å². The molecule has 0 aromatic heterocycles. The Balaban J connectivity index is 1.58. The maximum Gasteiger partial charge on any atom is 0.0725 e. The molecule has 0 bridgehead atoms. The highest BCUT2D eigenvalue weighted by Crippen LogP contribution is 2.19. The van der Waals surface area contributed by atoms with Crippen LogP contribution in [0.15, 0.2) is 30.3 Å². The van der Waals surface area contributed by atoms with E-state index in [1.165, 1.54) is 31.2 Å². The highest BCUT2D eigenvalue weighted by Gasteiger charge is 2.20. The van der Waals surface area contributed by atoms with Gasteiger partial charge in [-0.1, -0.05) is 49.6 Å². The highest BCUT2D eigenvalue weighted by atomic mass is 16.5. The largest absolute Gasteiger partial charge is 0.377 e. The van der Waals surface area contributed by atoms with Crippen molar-refractivity contribution in [2.75, 3.05) is 6.61 Å². The molecular weight excluding hydrogens is 234 g/mol. The van der Waals surface area contributed by atoms with E-state index < -0.39 is 0 Å². The first kappa shape index (κ1) is 14.5. The van der Waals surface area contributed by atoms with Gasteiger partial charge >= 0.3 is 0 Å². The van der Waals surface area contributed by atoms with Crippen molar-refractivity contribution < 1.29 is 4.74 Å². The summed E-state index contributed by atoms with van der Waals surface area (Å²) in [7, 11) is 0. The van der Waals surface area contributed by atoms with Crippen LogP contribution in [-0.2, 0) is 11.2 Å². The van der Waals surface area contributed by atoms with Gasteiger partial charge in [0.2, 0.25) is 0 Å². The van der Waals surface area contributed by atoms with E-state index in [0.29, 0.717) is 6.10 Å². The first-order valence-electron chi connectivity index (χ1n) is 7.77. The fourth-order valence-electron chi connectivity index (χ4n) is 2.82. The fraction of sp³-hybridized carbons (Fsp3) is 0.647. The summed E-state index contributed by atoms with van der Waals surface area (Å²) in [5.41, 5.74) is 7.58. The fourth-order valence-corrected chi connectivity index (χ4v) is 2.82. The number of rotatable bonds is 6. The van der Waals surface area contributed by atoms with Gasteiger partial charge in [0.15, 0.2) is 0 Å². The molecule has 2 heteroatoms. The molecule has 0 amide bonds. The standard InChI is InChI=1S/C17H27NO/c18-16-12-5-2-6-13-17(16)19-14-8-7-11-15-9-3-1-4-10-15/h1,3-4,9-10,16-17H,2,5-8,11-14,18H2. The summed E-state index contributed by atoms with van der Waals surface area (Å²) in [4.78, 5) is 0. The summed E-state index contributed by atoms with van der Waals surface area (Å²) >= 11 is 0. The van der Waals surface area contributed by atoms with Crippen LogP contribution in [0.2, 0.25) is 0 Å². The summed E-state index contributed by atoms with van der Waals surface area (Å²) < 4.78 is 5.99. The van der Waals surface area contributed by atoms with Crippen LogP contribution < -0.4 is 5.73 Å². The number of hydrogen-bond acceptors (Lipinski definition) is 2. The Morgan fingerprint density at radius 3 is 2.63 bits per heavy atom. The average molecular weight is 261 g/mol. The quantitative estimate of drug-likeness (QED) is 0.626. The third kappa shape index (κ3) is 5.33. The van der Waals surface area contributed by atoms with Crippen LogP contribution in [0, 0.1) is 0 Å². The molecule has 1 saturated carbocycles. The first-order valence-corrected chi connectivity index (χ1v) is 7.77. The molecule has 0 saturated heterocycles. The molecule has 0 aliphatic heterocycles. The SMILES string of the molecule is NC1CCCCCC1OCCCCc1ccccc1. The average Bonchev–Trinajstić information content (AvgIpc) is 2.65. The maximum atomic E-state index is 6.16. The lowest BCUT2D eigenvalue weighted by molar-refractivity contribution is 0.0293. The lowest BCUT2D eigenvalue weighted by Crippen LogP contribution is -2.35. The topological polar surface area (TPSA) is 35.2 Å². The Kier molecular flexibility index (Phi) is 6.38. The van der Waals surface area contributed by atoms with E-state index in [4.69, 9.17) is 10.5 Å². The third-order valence-corrected chi connectivity index (χ3v) is 4.04. The zero-order valence-electron chi connectivity index (χ0n) is 11.9. The molecule has 2 atom stereocenters. The summed E-state index contributed by atoms with van der Waals surface area (Å²) in [5.74, 6) is 0. The van der Waals surface area contributed by atoms with E-state index in [1.807, 2.05) is 0 Å². The zero-order valence-corrected chi connectivity index (χ0v) is 11.9. The minimum atomic E-state index is 0.261. The number of hydrogen-bond donors (Lipinski definition) is 1. The van der Waals surface area contributed by atoms with Crippen LogP contribution in [0.5, 0.6) is 0 Å². The number of unbranched alkanes of at least 4 members (excludes halogenated alkanes) is 1. The van der Waals surface area contributed by atoms with Crippen LogP contribution >= 0.6 is 0 Å². The Labute approximate surface area is 117 Å². The molecule has 2 rings (SSSR count). The Morgan fingerprint density at radius 1 is 1.00 bits per heavy atom. The second-order valence-electron chi connectivity index (χ2n) is 5.65. The molecule has 1 aromatic carbocycles. The molecule has 2 nitrogen and oxygen atoms in total. The summed E-state index contributed by atoms with van der Waals surface area (Å²) in [5, 5.41) is 0. The molecule has 2 N–H and O–H groups in total. The van der Waals surface area contributed by atoms with E-state index >= 15 is 0 Å². The van der Waals surface area contributed by atoms with E-state index in [9.17, 15) is 0 Å². The highest BCUT2D eigenvalue weighted by molar-refractivity contribution is 5.14.